The molecule has 0 saturated carbocycles. The van der Waals surface area contributed by atoms with Crippen LogP contribution in [0, 0.1) is 0 Å². The Balaban J connectivity index is 1.19. The third kappa shape index (κ3) is 4.74. The molecule has 0 unspecified atom stereocenters. The minimum atomic E-state index is 1.22. The summed E-state index contributed by atoms with van der Waals surface area (Å²) in [4.78, 5) is 0. The van der Waals surface area contributed by atoms with Gasteiger partial charge < -0.3 is 0 Å². The normalized spacial score (nSPS) is 11.7. The summed E-state index contributed by atoms with van der Waals surface area (Å²) in [7, 11) is 0. The summed E-state index contributed by atoms with van der Waals surface area (Å²) in [5.74, 6) is 0. The molecule has 0 N–H and O–H groups in total. The van der Waals surface area contributed by atoms with Gasteiger partial charge in [0.1, 0.15) is 0 Å². The summed E-state index contributed by atoms with van der Waals surface area (Å²) in [5.41, 5.74) is 9.83. The van der Waals surface area contributed by atoms with Gasteiger partial charge in [-0.15, -0.1) is 11.3 Å². The van der Waals surface area contributed by atoms with Crippen LogP contribution in [0.3, 0.4) is 0 Å². The molecule has 0 amide bonds. The van der Waals surface area contributed by atoms with E-state index in [0.29, 0.717) is 0 Å². The Hall–Kier alpha value is -6.02. The van der Waals surface area contributed by atoms with Gasteiger partial charge >= 0.3 is 0 Å². The van der Waals surface area contributed by atoms with E-state index in [2.05, 4.69) is 182 Å². The van der Waals surface area contributed by atoms with Crippen LogP contribution in [0.25, 0.3) is 97.0 Å². The Morgan fingerprint density at radius 3 is 1.22 bits per heavy atom. The minimum absolute atomic E-state index is 1.22. The second kappa shape index (κ2) is 11.3. The van der Waals surface area contributed by atoms with Crippen molar-refractivity contribution in [2.24, 2.45) is 0 Å². The summed E-state index contributed by atoms with van der Waals surface area (Å²) >= 11 is 1.87. The average Bonchev–Trinajstić information content (AvgIpc) is 3.56. The largest absolute Gasteiger partial charge is 0.135 e. The summed E-state index contributed by atoms with van der Waals surface area (Å²) in [6.45, 7) is 0. The zero-order valence-corrected chi connectivity index (χ0v) is 27.5. The molecule has 0 aliphatic rings. The summed E-state index contributed by atoms with van der Waals surface area (Å²) in [5, 5.41) is 10.4. The highest BCUT2D eigenvalue weighted by Gasteiger charge is 2.14. The Kier molecular flexibility index (Phi) is 6.47. The highest BCUT2D eigenvalue weighted by Crippen LogP contribution is 2.41. The topological polar surface area (TPSA) is 0 Å². The maximum absolute atomic E-state index is 2.41. The van der Waals surface area contributed by atoms with E-state index in [-0.39, 0.29) is 0 Å². The van der Waals surface area contributed by atoms with E-state index < -0.39 is 0 Å². The van der Waals surface area contributed by atoms with Gasteiger partial charge in [-0.3, -0.25) is 0 Å². The molecule has 228 valence electrons. The third-order valence-corrected chi connectivity index (χ3v) is 11.2. The van der Waals surface area contributed by atoms with E-state index in [4.69, 9.17) is 0 Å². The average molecular weight is 639 g/mol. The predicted octanol–water partition coefficient (Wildman–Crippen LogP) is 14.2. The van der Waals surface area contributed by atoms with Crippen LogP contribution in [0.15, 0.2) is 182 Å². The quantitative estimate of drug-likeness (QED) is 0.168. The van der Waals surface area contributed by atoms with Crippen LogP contribution in [-0.4, -0.2) is 0 Å². The van der Waals surface area contributed by atoms with Crippen LogP contribution in [0.1, 0.15) is 0 Å². The smallest absolute Gasteiger partial charge is 0.0361 e. The fourth-order valence-electron chi connectivity index (χ4n) is 7.61. The molecule has 0 saturated heterocycles. The molecule has 10 aromatic rings. The number of benzene rings is 9. The first kappa shape index (κ1) is 28.0. The molecule has 0 radical (unpaired) electrons. The van der Waals surface area contributed by atoms with Gasteiger partial charge in [0, 0.05) is 20.2 Å². The van der Waals surface area contributed by atoms with Gasteiger partial charge in [0.2, 0.25) is 0 Å². The molecule has 1 aromatic heterocycles. The molecule has 9 aromatic carbocycles. The van der Waals surface area contributed by atoms with Crippen molar-refractivity contribution in [1.29, 1.82) is 0 Å². The molecule has 0 nitrogen and oxygen atoms in total. The van der Waals surface area contributed by atoms with Gasteiger partial charge in [-0.2, -0.15) is 0 Å². The van der Waals surface area contributed by atoms with Crippen LogP contribution < -0.4 is 0 Å². The molecule has 0 fully saturated rings. The first-order valence-electron chi connectivity index (χ1n) is 16.8. The zero-order valence-electron chi connectivity index (χ0n) is 26.7. The molecular formula is C48H30S. The predicted molar refractivity (Wildman–Crippen MR) is 214 cm³/mol. The van der Waals surface area contributed by atoms with Gasteiger partial charge in [-0.1, -0.05) is 140 Å². The fraction of sp³-hybridized carbons (Fsp3) is 0. The van der Waals surface area contributed by atoms with Crippen LogP contribution in [-0.2, 0) is 0 Å². The van der Waals surface area contributed by atoms with Gasteiger partial charge in [0.15, 0.2) is 0 Å². The number of rotatable bonds is 4. The first-order valence-corrected chi connectivity index (χ1v) is 17.6. The molecule has 0 bridgehead atoms. The van der Waals surface area contributed by atoms with Crippen molar-refractivity contribution in [2.75, 3.05) is 0 Å². The molecular weight excluding hydrogens is 609 g/mol. The van der Waals surface area contributed by atoms with E-state index in [9.17, 15) is 0 Å². The lowest BCUT2D eigenvalue weighted by Gasteiger charge is -2.15. The zero-order chi connectivity index (χ0) is 32.3. The second-order valence-corrected chi connectivity index (χ2v) is 14.0. The number of hydrogen-bond acceptors (Lipinski definition) is 1. The molecule has 1 heteroatoms. The summed E-state index contributed by atoms with van der Waals surface area (Å²) in [6, 6.07) is 67.1. The van der Waals surface area contributed by atoms with Crippen molar-refractivity contribution in [3.63, 3.8) is 0 Å². The summed E-state index contributed by atoms with van der Waals surface area (Å²) in [6.07, 6.45) is 0. The molecule has 49 heavy (non-hydrogen) atoms. The highest BCUT2D eigenvalue weighted by atomic mass is 32.1. The molecule has 0 spiro atoms. The van der Waals surface area contributed by atoms with Crippen molar-refractivity contribution in [3.8, 4) is 44.5 Å². The first-order chi connectivity index (χ1) is 24.3. The maximum Gasteiger partial charge on any atom is 0.0361 e. The van der Waals surface area contributed by atoms with Gasteiger partial charge in [0.25, 0.3) is 0 Å². The van der Waals surface area contributed by atoms with E-state index in [1.54, 1.807) is 0 Å². The Labute approximate surface area is 289 Å². The van der Waals surface area contributed by atoms with Crippen molar-refractivity contribution in [3.05, 3.63) is 182 Å². The van der Waals surface area contributed by atoms with Crippen LogP contribution in [0.5, 0.6) is 0 Å². The molecule has 1 heterocycles. The van der Waals surface area contributed by atoms with Gasteiger partial charge in [-0.05, 0) is 119 Å². The molecule has 0 atom stereocenters. The lowest BCUT2D eigenvalue weighted by atomic mass is 9.89. The minimum Gasteiger partial charge on any atom is -0.135 e. The SMILES string of the molecule is c1ccc(-c2cc(-c3ccc4c(c3)sc3ccccc34)cc(-c3ccc4c5ccccc5c5cc(-c6ccccc6)ccc5c4c3)c2)cc1. The Morgan fingerprint density at radius 2 is 0.592 bits per heavy atom. The van der Waals surface area contributed by atoms with Crippen molar-refractivity contribution in [1.82, 2.24) is 0 Å². The van der Waals surface area contributed by atoms with E-state index in [1.807, 2.05) is 11.3 Å². The summed E-state index contributed by atoms with van der Waals surface area (Å²) < 4.78 is 2.66. The van der Waals surface area contributed by atoms with Crippen LogP contribution >= 0.6 is 11.3 Å². The fourth-order valence-corrected chi connectivity index (χ4v) is 8.76. The molecule has 0 aliphatic heterocycles. The van der Waals surface area contributed by atoms with Crippen LogP contribution in [0.4, 0.5) is 0 Å². The molecule has 10 rings (SSSR count). The monoisotopic (exact) mass is 638 g/mol. The van der Waals surface area contributed by atoms with Crippen molar-refractivity contribution in [2.45, 2.75) is 0 Å². The number of hydrogen-bond donors (Lipinski definition) is 0. The molecule has 0 aliphatic carbocycles. The highest BCUT2D eigenvalue weighted by molar-refractivity contribution is 7.25. The number of fused-ring (bicyclic) bond motifs is 9. The Morgan fingerprint density at radius 1 is 0.204 bits per heavy atom. The van der Waals surface area contributed by atoms with E-state index in [1.165, 1.54) is 97.0 Å². The second-order valence-electron chi connectivity index (χ2n) is 12.9. The third-order valence-electron chi connectivity index (χ3n) is 10.0. The van der Waals surface area contributed by atoms with Gasteiger partial charge in [0.05, 0.1) is 0 Å². The Bertz CT molecular complexity index is 2860. The number of thiophene rings is 1. The maximum atomic E-state index is 2.41. The van der Waals surface area contributed by atoms with Crippen molar-refractivity contribution < 1.29 is 0 Å². The van der Waals surface area contributed by atoms with Gasteiger partial charge in [-0.25, -0.2) is 0 Å². The van der Waals surface area contributed by atoms with Crippen molar-refractivity contribution >= 4 is 63.8 Å². The standard InChI is InChI=1S/C48H30S/c1-3-11-31(12-4-1)33-19-23-42-45(28-33)40-16-8-7-15-39(40)41-22-20-34(29-46(41)42)37-25-36(32-13-5-2-6-14-32)26-38(27-37)35-21-24-44-43-17-9-10-18-47(43)49-48(44)30-35/h1-30H. The van der Waals surface area contributed by atoms with Crippen LogP contribution in [0.2, 0.25) is 0 Å². The lowest BCUT2D eigenvalue weighted by molar-refractivity contribution is 1.58. The lowest BCUT2D eigenvalue weighted by Crippen LogP contribution is -1.88. The van der Waals surface area contributed by atoms with E-state index in [0.717, 1.165) is 0 Å². The van der Waals surface area contributed by atoms with E-state index >= 15 is 0 Å².